The van der Waals surface area contributed by atoms with Crippen LogP contribution in [0.25, 0.3) is 0 Å². The van der Waals surface area contributed by atoms with E-state index < -0.39 is 12.2 Å². The fourth-order valence-electron chi connectivity index (χ4n) is 2.28. The Hall–Kier alpha value is -1.74. The third-order valence-electron chi connectivity index (χ3n) is 3.52. The van der Waals surface area contributed by atoms with Crippen LogP contribution in [0.3, 0.4) is 0 Å². The van der Waals surface area contributed by atoms with Gasteiger partial charge in [-0.25, -0.2) is 0 Å². The fraction of sp³-hybridized carbons (Fsp3) is 0.533. The lowest BCUT2D eigenvalue weighted by Crippen LogP contribution is -2.49. The van der Waals surface area contributed by atoms with Gasteiger partial charge >= 0.3 is 0 Å². The second kappa shape index (κ2) is 8.93. The van der Waals surface area contributed by atoms with Crippen molar-refractivity contribution in [3.63, 3.8) is 0 Å². The van der Waals surface area contributed by atoms with E-state index in [1.54, 1.807) is 18.2 Å². The van der Waals surface area contributed by atoms with Crippen molar-refractivity contribution in [2.75, 3.05) is 39.6 Å². The summed E-state index contributed by atoms with van der Waals surface area (Å²) in [5.74, 6) is 1.62. The van der Waals surface area contributed by atoms with Crippen LogP contribution in [0, 0.1) is 0 Å². The van der Waals surface area contributed by atoms with Gasteiger partial charge in [0.2, 0.25) is 6.79 Å². The third kappa shape index (κ3) is 4.88. The number of rotatable bonds is 6. The number of aliphatic hydroxyl groups excluding tert-OH is 1. The third-order valence-corrected chi connectivity index (χ3v) is 3.52. The highest BCUT2D eigenvalue weighted by Crippen LogP contribution is 2.35. The van der Waals surface area contributed by atoms with Crippen LogP contribution < -0.4 is 24.8 Å². The van der Waals surface area contributed by atoms with Crippen molar-refractivity contribution < 1.29 is 28.8 Å². The lowest BCUT2D eigenvalue weighted by Gasteiger charge is -2.23. The van der Waals surface area contributed by atoms with E-state index in [1.807, 2.05) is 0 Å². The van der Waals surface area contributed by atoms with E-state index in [-0.39, 0.29) is 38.3 Å². The summed E-state index contributed by atoms with van der Waals surface area (Å²) >= 11 is 0. The Labute approximate surface area is 145 Å². The monoisotopic (exact) mass is 360 g/mol. The van der Waals surface area contributed by atoms with E-state index >= 15 is 0 Å². The first-order valence-electron chi connectivity index (χ1n) is 7.53. The topological polar surface area (TPSA) is 98.3 Å². The number of hydrogen-bond acceptors (Lipinski definition) is 7. The number of carbonyl (C=O) groups is 1. The molecule has 0 aliphatic carbocycles. The molecule has 1 fully saturated rings. The fourth-order valence-corrected chi connectivity index (χ4v) is 2.28. The number of nitrogens with one attached hydrogen (secondary N) is 2. The smallest absolute Gasteiger partial charge is 0.250 e. The molecule has 1 amide bonds. The number of morpholine rings is 1. The number of carbonyl (C=O) groups excluding carboxylic acids is 1. The maximum atomic E-state index is 11.8. The number of halogens is 1. The quantitative estimate of drug-likeness (QED) is 0.639. The molecule has 0 bridgehead atoms. The highest BCUT2D eigenvalue weighted by atomic mass is 35.5. The molecule has 1 saturated heterocycles. The van der Waals surface area contributed by atoms with E-state index in [2.05, 4.69) is 10.6 Å². The molecular formula is C15H21ClN2O6. The van der Waals surface area contributed by atoms with Crippen molar-refractivity contribution >= 4 is 18.3 Å². The van der Waals surface area contributed by atoms with Gasteiger partial charge < -0.3 is 34.7 Å². The molecule has 1 aromatic rings. The van der Waals surface area contributed by atoms with Crippen LogP contribution in [0.2, 0.25) is 0 Å². The summed E-state index contributed by atoms with van der Waals surface area (Å²) in [5.41, 5.74) is 0. The van der Waals surface area contributed by atoms with Crippen LogP contribution in [-0.2, 0) is 9.53 Å². The largest absolute Gasteiger partial charge is 0.491 e. The van der Waals surface area contributed by atoms with Gasteiger partial charge in [0, 0.05) is 25.7 Å². The molecule has 24 heavy (non-hydrogen) atoms. The van der Waals surface area contributed by atoms with Crippen LogP contribution in [0.4, 0.5) is 0 Å². The normalized spacial score (nSPS) is 20.0. The van der Waals surface area contributed by atoms with E-state index in [1.165, 1.54) is 0 Å². The van der Waals surface area contributed by atoms with Gasteiger partial charge in [-0.3, -0.25) is 4.79 Å². The minimum absolute atomic E-state index is 0. The average Bonchev–Trinajstić information content (AvgIpc) is 3.06. The van der Waals surface area contributed by atoms with Gasteiger partial charge in [0.05, 0.1) is 6.61 Å². The van der Waals surface area contributed by atoms with Gasteiger partial charge in [-0.15, -0.1) is 12.4 Å². The minimum Gasteiger partial charge on any atom is -0.491 e. The second-order valence-electron chi connectivity index (χ2n) is 5.29. The Morgan fingerprint density at radius 1 is 1.42 bits per heavy atom. The van der Waals surface area contributed by atoms with Crippen LogP contribution in [-0.4, -0.2) is 62.9 Å². The van der Waals surface area contributed by atoms with Crippen molar-refractivity contribution in [2.45, 2.75) is 12.2 Å². The van der Waals surface area contributed by atoms with Crippen molar-refractivity contribution in [3.8, 4) is 17.2 Å². The predicted molar refractivity (Wildman–Crippen MR) is 86.9 cm³/mol. The van der Waals surface area contributed by atoms with E-state index in [4.69, 9.17) is 18.9 Å². The average molecular weight is 361 g/mol. The van der Waals surface area contributed by atoms with Crippen molar-refractivity contribution in [3.05, 3.63) is 18.2 Å². The molecule has 2 atom stereocenters. The van der Waals surface area contributed by atoms with Gasteiger partial charge in [0.1, 0.15) is 24.6 Å². The Bertz CT molecular complexity index is 553. The van der Waals surface area contributed by atoms with Crippen LogP contribution in [0.15, 0.2) is 18.2 Å². The number of aliphatic hydroxyl groups is 1. The standard InChI is InChI=1S/C15H20N2O6.ClH/c18-10(6-17-15(19)14-7-16-3-4-20-14)8-21-11-1-2-12-13(5-11)23-9-22-12;/h1-2,5,10,14,16,18H,3-4,6-9H2,(H,17,19);1H. The van der Waals surface area contributed by atoms with E-state index in [0.29, 0.717) is 30.4 Å². The van der Waals surface area contributed by atoms with E-state index in [0.717, 1.165) is 6.54 Å². The summed E-state index contributed by atoms with van der Waals surface area (Å²) in [4.78, 5) is 11.8. The summed E-state index contributed by atoms with van der Waals surface area (Å²) in [6.07, 6.45) is -1.33. The maximum Gasteiger partial charge on any atom is 0.250 e. The molecule has 2 heterocycles. The second-order valence-corrected chi connectivity index (χ2v) is 5.29. The molecule has 0 radical (unpaired) electrons. The molecule has 0 aromatic heterocycles. The summed E-state index contributed by atoms with van der Waals surface area (Å²) in [5, 5.41) is 15.6. The van der Waals surface area contributed by atoms with E-state index in [9.17, 15) is 9.90 Å². The van der Waals surface area contributed by atoms with Gasteiger partial charge in [-0.05, 0) is 12.1 Å². The SMILES string of the molecule is Cl.O=C(NCC(O)COc1ccc2c(c1)OCO2)C1CNCCO1. The first-order valence-corrected chi connectivity index (χ1v) is 7.53. The van der Waals surface area contributed by atoms with Gasteiger partial charge in [0.25, 0.3) is 5.91 Å². The van der Waals surface area contributed by atoms with Gasteiger partial charge in [0.15, 0.2) is 11.5 Å². The zero-order valence-electron chi connectivity index (χ0n) is 13.0. The first-order chi connectivity index (χ1) is 11.2. The van der Waals surface area contributed by atoms with Crippen molar-refractivity contribution in [1.29, 1.82) is 0 Å². The van der Waals surface area contributed by atoms with Crippen LogP contribution >= 0.6 is 12.4 Å². The number of benzene rings is 1. The molecule has 134 valence electrons. The predicted octanol–water partition coefficient (Wildman–Crippen LogP) is -0.319. The Morgan fingerprint density at radius 2 is 2.25 bits per heavy atom. The highest BCUT2D eigenvalue weighted by Gasteiger charge is 2.22. The van der Waals surface area contributed by atoms with Crippen molar-refractivity contribution in [1.82, 2.24) is 10.6 Å². The molecule has 2 unspecified atom stereocenters. The number of ether oxygens (including phenoxy) is 4. The molecule has 3 rings (SSSR count). The Balaban J connectivity index is 0.00000208. The van der Waals surface area contributed by atoms with Crippen molar-refractivity contribution in [2.24, 2.45) is 0 Å². The Kier molecular flexibility index (Phi) is 6.92. The molecule has 2 aliphatic rings. The Morgan fingerprint density at radius 3 is 3.04 bits per heavy atom. The molecule has 0 spiro atoms. The molecular weight excluding hydrogens is 340 g/mol. The zero-order valence-corrected chi connectivity index (χ0v) is 13.8. The number of fused-ring (bicyclic) bond motifs is 1. The first kappa shape index (κ1) is 18.6. The molecule has 8 nitrogen and oxygen atoms in total. The summed E-state index contributed by atoms with van der Waals surface area (Å²) < 4.78 is 21.3. The summed E-state index contributed by atoms with van der Waals surface area (Å²) in [7, 11) is 0. The maximum absolute atomic E-state index is 11.8. The van der Waals surface area contributed by atoms with Gasteiger partial charge in [-0.2, -0.15) is 0 Å². The summed E-state index contributed by atoms with van der Waals surface area (Å²) in [6, 6.07) is 5.19. The molecule has 3 N–H and O–H groups in total. The van der Waals surface area contributed by atoms with Crippen LogP contribution in [0.5, 0.6) is 17.2 Å². The van der Waals surface area contributed by atoms with Gasteiger partial charge in [-0.1, -0.05) is 0 Å². The lowest BCUT2D eigenvalue weighted by molar-refractivity contribution is -0.134. The molecule has 9 heteroatoms. The van der Waals surface area contributed by atoms with Crippen LogP contribution in [0.1, 0.15) is 0 Å². The molecule has 1 aromatic carbocycles. The molecule has 2 aliphatic heterocycles. The summed E-state index contributed by atoms with van der Waals surface area (Å²) in [6.45, 7) is 2.09. The molecule has 0 saturated carbocycles. The number of amides is 1. The lowest BCUT2D eigenvalue weighted by atomic mass is 10.2. The highest BCUT2D eigenvalue weighted by molar-refractivity contribution is 5.85. The zero-order chi connectivity index (χ0) is 16.1. The minimum atomic E-state index is -0.819. The number of hydrogen-bond donors (Lipinski definition) is 3.